The van der Waals surface area contributed by atoms with E-state index in [0.717, 1.165) is 28.0 Å². The molecule has 0 spiro atoms. The Morgan fingerprint density at radius 3 is 1.90 bits per heavy atom. The standard InChI is InChI=1S/C26H31N2O6P.H3O4P/c1-20(28-33-17-22-9-13-25(14-10-22)24-5-3-2-4-6-24)23-11-7-21(8-12-23)15-16-26(27,18-29)19-34-35(30,31)32;1-5(2,3)4/h2-14,29H,15-19,27H2,1H3,(H2,30,31,32);(H3,1,2,3,4). The molecule has 14 heteroatoms. The molecule has 0 aliphatic carbocycles. The number of phosphoric acid groups is 2. The minimum absolute atomic E-state index is 0.294. The van der Waals surface area contributed by atoms with Crippen molar-refractivity contribution in [3.8, 4) is 11.1 Å². The monoisotopic (exact) mass is 596 g/mol. The van der Waals surface area contributed by atoms with Crippen LogP contribution in [-0.4, -0.2) is 54.0 Å². The number of aryl methyl sites for hydroxylation is 1. The molecule has 0 fully saturated rings. The van der Waals surface area contributed by atoms with Crippen LogP contribution < -0.4 is 5.73 Å². The molecule has 0 aliphatic rings. The van der Waals surface area contributed by atoms with Gasteiger partial charge in [-0.25, -0.2) is 9.13 Å². The summed E-state index contributed by atoms with van der Waals surface area (Å²) in [7, 11) is -9.29. The molecule has 1 unspecified atom stereocenters. The van der Waals surface area contributed by atoms with Gasteiger partial charge in [0, 0.05) is 0 Å². The molecule has 3 aromatic rings. The minimum Gasteiger partial charge on any atom is -0.394 e. The fourth-order valence-electron chi connectivity index (χ4n) is 3.40. The lowest BCUT2D eigenvalue weighted by atomic mass is 9.93. The van der Waals surface area contributed by atoms with E-state index in [1.165, 1.54) is 5.56 Å². The first-order valence-electron chi connectivity index (χ1n) is 12.0. The third-order valence-electron chi connectivity index (χ3n) is 5.61. The van der Waals surface area contributed by atoms with Gasteiger partial charge in [0.05, 0.1) is 24.5 Å². The van der Waals surface area contributed by atoms with Gasteiger partial charge in [-0.3, -0.25) is 4.52 Å². The summed E-state index contributed by atoms with van der Waals surface area (Å²) >= 11 is 0. The lowest BCUT2D eigenvalue weighted by molar-refractivity contribution is 0.102. The van der Waals surface area contributed by atoms with E-state index < -0.39 is 34.4 Å². The first-order valence-corrected chi connectivity index (χ1v) is 15.1. The smallest absolute Gasteiger partial charge is 0.394 e. The minimum atomic E-state index is -4.65. The molecule has 0 aromatic heterocycles. The molecule has 12 nitrogen and oxygen atoms in total. The topological polar surface area (TPSA) is 212 Å². The van der Waals surface area contributed by atoms with Crippen LogP contribution >= 0.6 is 15.6 Å². The first kappa shape index (κ1) is 33.5. The Bertz CT molecular complexity index is 1300. The Balaban J connectivity index is 0.00000103. The molecule has 0 amide bonds. The van der Waals surface area contributed by atoms with Crippen molar-refractivity contribution < 1.29 is 48.1 Å². The predicted octanol–water partition coefficient (Wildman–Crippen LogP) is 3.10. The highest BCUT2D eigenvalue weighted by Crippen LogP contribution is 2.37. The summed E-state index contributed by atoms with van der Waals surface area (Å²) in [5.74, 6) is 0. The van der Waals surface area contributed by atoms with Crippen molar-refractivity contribution in [3.05, 3.63) is 95.6 Å². The van der Waals surface area contributed by atoms with Crippen LogP contribution in [0.5, 0.6) is 0 Å². The maximum absolute atomic E-state index is 10.9. The van der Waals surface area contributed by atoms with Gasteiger partial charge in [-0.05, 0) is 47.6 Å². The summed E-state index contributed by atoms with van der Waals surface area (Å²) in [4.78, 5) is 44.8. The van der Waals surface area contributed by atoms with E-state index in [1.807, 2.05) is 61.5 Å². The molecule has 218 valence electrons. The normalized spacial score (nSPS) is 13.7. The number of hydrogen-bond acceptors (Lipinski definition) is 7. The molecule has 3 aromatic carbocycles. The van der Waals surface area contributed by atoms with Crippen molar-refractivity contribution in [2.45, 2.75) is 31.9 Å². The Morgan fingerprint density at radius 1 is 0.850 bits per heavy atom. The summed E-state index contributed by atoms with van der Waals surface area (Å²) < 4.78 is 24.3. The second-order valence-electron chi connectivity index (χ2n) is 9.01. The highest BCUT2D eigenvalue weighted by atomic mass is 31.2. The number of aliphatic hydroxyl groups is 1. The molecule has 0 radical (unpaired) electrons. The number of oxime groups is 1. The molecular weight excluding hydrogens is 562 g/mol. The first-order chi connectivity index (χ1) is 18.7. The molecule has 8 N–H and O–H groups in total. The van der Waals surface area contributed by atoms with Gasteiger partial charge in [0.15, 0.2) is 0 Å². The van der Waals surface area contributed by atoms with Gasteiger partial charge in [-0.2, -0.15) is 0 Å². The molecule has 1 atom stereocenters. The zero-order valence-corrected chi connectivity index (χ0v) is 23.6. The highest BCUT2D eigenvalue weighted by Gasteiger charge is 2.28. The van der Waals surface area contributed by atoms with Crippen molar-refractivity contribution in [1.29, 1.82) is 0 Å². The maximum atomic E-state index is 10.9. The van der Waals surface area contributed by atoms with Gasteiger partial charge in [0.2, 0.25) is 0 Å². The van der Waals surface area contributed by atoms with Crippen molar-refractivity contribution in [2.24, 2.45) is 10.9 Å². The molecular formula is C26H34N2O10P2. The van der Waals surface area contributed by atoms with Gasteiger partial charge < -0.3 is 40.1 Å². The summed E-state index contributed by atoms with van der Waals surface area (Å²) in [5, 5.41) is 13.7. The Kier molecular flexibility index (Phi) is 12.8. The second-order valence-corrected chi connectivity index (χ2v) is 11.3. The van der Waals surface area contributed by atoms with E-state index in [0.29, 0.717) is 19.4 Å². The van der Waals surface area contributed by atoms with Crippen LogP contribution in [0.3, 0.4) is 0 Å². The number of hydrogen-bond donors (Lipinski definition) is 7. The molecule has 0 saturated heterocycles. The summed E-state index contributed by atoms with van der Waals surface area (Å²) in [6.45, 7) is 1.33. The van der Waals surface area contributed by atoms with Crippen LogP contribution in [0, 0.1) is 0 Å². The van der Waals surface area contributed by atoms with Crippen LogP contribution in [0.4, 0.5) is 0 Å². The van der Waals surface area contributed by atoms with Crippen LogP contribution in [-0.2, 0) is 31.5 Å². The molecule has 0 bridgehead atoms. The zero-order valence-electron chi connectivity index (χ0n) is 21.8. The number of rotatable bonds is 12. The lowest BCUT2D eigenvalue weighted by Gasteiger charge is -2.27. The summed E-state index contributed by atoms with van der Waals surface area (Å²) in [6.07, 6.45) is 0.801. The average Bonchev–Trinajstić information content (AvgIpc) is 2.90. The van der Waals surface area contributed by atoms with Crippen LogP contribution in [0.15, 0.2) is 84.0 Å². The van der Waals surface area contributed by atoms with Gasteiger partial charge in [-0.1, -0.05) is 84.0 Å². The zero-order chi connectivity index (χ0) is 29.8. The molecule has 0 saturated carbocycles. The summed E-state index contributed by atoms with van der Waals surface area (Å²) in [6, 6.07) is 26.0. The number of nitrogens with zero attached hydrogens (tertiary/aromatic N) is 1. The molecule has 40 heavy (non-hydrogen) atoms. The quantitative estimate of drug-likeness (QED) is 0.0917. The highest BCUT2D eigenvalue weighted by molar-refractivity contribution is 7.46. The van der Waals surface area contributed by atoms with E-state index in [4.69, 9.17) is 39.6 Å². The van der Waals surface area contributed by atoms with Gasteiger partial charge in [-0.15, -0.1) is 0 Å². The number of nitrogens with two attached hydrogens (primary N) is 1. The van der Waals surface area contributed by atoms with Crippen molar-refractivity contribution in [2.75, 3.05) is 13.2 Å². The number of aliphatic hydroxyl groups excluding tert-OH is 1. The van der Waals surface area contributed by atoms with E-state index >= 15 is 0 Å². The van der Waals surface area contributed by atoms with Gasteiger partial charge >= 0.3 is 15.6 Å². The molecule has 0 aliphatic heterocycles. The Morgan fingerprint density at radius 2 is 1.38 bits per heavy atom. The maximum Gasteiger partial charge on any atom is 0.469 e. The second kappa shape index (κ2) is 15.3. The third kappa shape index (κ3) is 13.6. The SMILES string of the molecule is CC(=NOCc1ccc(-c2ccccc2)cc1)c1ccc(CCC(N)(CO)COP(=O)(O)O)cc1.O=P(O)(O)O. The Labute approximate surface area is 232 Å². The number of phosphoric ester groups is 1. The Hall–Kier alpha value is -2.73. The summed E-state index contributed by atoms with van der Waals surface area (Å²) in [5.41, 5.74) is 10.7. The largest absolute Gasteiger partial charge is 0.469 e. The van der Waals surface area contributed by atoms with Gasteiger partial charge in [0.1, 0.15) is 6.61 Å². The molecule has 0 heterocycles. The van der Waals surface area contributed by atoms with E-state index in [-0.39, 0.29) is 0 Å². The van der Waals surface area contributed by atoms with Crippen LogP contribution in [0.2, 0.25) is 0 Å². The fourth-order valence-corrected chi connectivity index (χ4v) is 3.82. The average molecular weight is 597 g/mol. The van der Waals surface area contributed by atoms with Crippen molar-refractivity contribution in [3.63, 3.8) is 0 Å². The third-order valence-corrected chi connectivity index (χ3v) is 6.08. The molecule has 3 rings (SSSR count). The van der Waals surface area contributed by atoms with Crippen LogP contribution in [0.1, 0.15) is 30.0 Å². The predicted molar refractivity (Wildman–Crippen MR) is 150 cm³/mol. The number of benzene rings is 3. The lowest BCUT2D eigenvalue weighted by Crippen LogP contribution is -2.48. The fraction of sp³-hybridized carbons (Fsp3) is 0.269. The van der Waals surface area contributed by atoms with Crippen LogP contribution in [0.25, 0.3) is 11.1 Å². The van der Waals surface area contributed by atoms with Gasteiger partial charge in [0.25, 0.3) is 0 Å². The van der Waals surface area contributed by atoms with E-state index in [9.17, 15) is 9.67 Å². The van der Waals surface area contributed by atoms with Crippen molar-refractivity contribution >= 4 is 21.4 Å². The van der Waals surface area contributed by atoms with Crippen molar-refractivity contribution in [1.82, 2.24) is 0 Å². The van der Waals surface area contributed by atoms with E-state index in [2.05, 4.69) is 33.9 Å². The van der Waals surface area contributed by atoms with E-state index in [1.54, 1.807) is 0 Å².